The zero-order valence-electron chi connectivity index (χ0n) is 10.6. The van der Waals surface area contributed by atoms with Gasteiger partial charge in [0.2, 0.25) is 0 Å². The maximum Gasteiger partial charge on any atom is 0.0991 e. The van der Waals surface area contributed by atoms with Gasteiger partial charge in [-0.15, -0.1) is 0 Å². The number of benzene rings is 2. The summed E-state index contributed by atoms with van der Waals surface area (Å²) in [6.07, 6.45) is 0. The number of nitrogens with two attached hydrogens (primary N) is 1. The molecule has 3 heteroatoms. The molecule has 0 atom stereocenters. The van der Waals surface area contributed by atoms with E-state index in [0.29, 0.717) is 5.56 Å². The summed E-state index contributed by atoms with van der Waals surface area (Å²) in [6, 6.07) is 17.7. The molecule has 0 bridgehead atoms. The molecule has 0 aliphatic rings. The van der Waals surface area contributed by atoms with Crippen LogP contribution in [0.15, 0.2) is 48.5 Å². The predicted octanol–water partition coefficient (Wildman–Crippen LogP) is 3.39. The van der Waals surface area contributed by atoms with Crippen LogP contribution in [0.4, 0.5) is 5.69 Å². The van der Waals surface area contributed by atoms with E-state index in [1.165, 1.54) is 0 Å². The molecule has 0 amide bonds. The summed E-state index contributed by atoms with van der Waals surface area (Å²) in [5.74, 6) is 0. The molecule has 0 aliphatic carbocycles. The van der Waals surface area contributed by atoms with Crippen LogP contribution in [-0.2, 0) is 0 Å². The first-order chi connectivity index (χ1) is 9.19. The van der Waals surface area contributed by atoms with Gasteiger partial charge in [0.05, 0.1) is 17.1 Å². The SMILES string of the molecule is Cc1cc2cc(N)ccc2n1-c1ccc(C#N)cc1. The highest BCUT2D eigenvalue weighted by atomic mass is 15.0. The second kappa shape index (κ2) is 4.18. The van der Waals surface area contributed by atoms with E-state index in [1.807, 2.05) is 42.5 Å². The van der Waals surface area contributed by atoms with Crippen molar-refractivity contribution in [2.75, 3.05) is 5.73 Å². The Morgan fingerprint density at radius 2 is 1.79 bits per heavy atom. The quantitative estimate of drug-likeness (QED) is 0.670. The fraction of sp³-hybridized carbons (Fsp3) is 0.0625. The first-order valence-corrected chi connectivity index (χ1v) is 6.07. The lowest BCUT2D eigenvalue weighted by atomic mass is 10.2. The van der Waals surface area contributed by atoms with E-state index >= 15 is 0 Å². The average Bonchev–Trinajstić information content (AvgIpc) is 2.74. The lowest BCUT2D eigenvalue weighted by Crippen LogP contribution is -1.96. The Morgan fingerprint density at radius 1 is 1.05 bits per heavy atom. The molecule has 0 aliphatic heterocycles. The molecule has 0 unspecified atom stereocenters. The summed E-state index contributed by atoms with van der Waals surface area (Å²) in [7, 11) is 0. The number of nitriles is 1. The Bertz CT molecular complexity index is 789. The first kappa shape index (κ1) is 11.4. The van der Waals surface area contributed by atoms with E-state index in [9.17, 15) is 0 Å². The third kappa shape index (κ3) is 1.84. The molecule has 3 rings (SSSR count). The lowest BCUT2D eigenvalue weighted by molar-refractivity contribution is 1.05. The van der Waals surface area contributed by atoms with Gasteiger partial charge in [0, 0.05) is 22.5 Å². The average molecular weight is 247 g/mol. The van der Waals surface area contributed by atoms with Gasteiger partial charge < -0.3 is 10.3 Å². The fourth-order valence-corrected chi connectivity index (χ4v) is 2.40. The summed E-state index contributed by atoms with van der Waals surface area (Å²) in [5, 5.41) is 9.97. The van der Waals surface area contributed by atoms with Crippen LogP contribution in [0.25, 0.3) is 16.6 Å². The molecule has 1 aromatic heterocycles. The van der Waals surface area contributed by atoms with Gasteiger partial charge in [-0.1, -0.05) is 0 Å². The van der Waals surface area contributed by atoms with Crippen LogP contribution < -0.4 is 5.73 Å². The number of nitrogens with zero attached hydrogens (tertiary/aromatic N) is 2. The van der Waals surface area contributed by atoms with Gasteiger partial charge in [-0.3, -0.25) is 0 Å². The number of fused-ring (bicyclic) bond motifs is 1. The van der Waals surface area contributed by atoms with Gasteiger partial charge in [0.1, 0.15) is 0 Å². The fourth-order valence-electron chi connectivity index (χ4n) is 2.40. The van der Waals surface area contributed by atoms with E-state index in [-0.39, 0.29) is 0 Å². The third-order valence-corrected chi connectivity index (χ3v) is 3.26. The summed E-state index contributed by atoms with van der Waals surface area (Å²) in [5.41, 5.74) is 10.6. The van der Waals surface area contributed by atoms with E-state index in [4.69, 9.17) is 11.0 Å². The molecule has 0 spiro atoms. The lowest BCUT2D eigenvalue weighted by Gasteiger charge is -2.08. The summed E-state index contributed by atoms with van der Waals surface area (Å²) in [6.45, 7) is 2.06. The molecular weight excluding hydrogens is 234 g/mol. The van der Waals surface area contributed by atoms with Crippen LogP contribution in [0, 0.1) is 18.3 Å². The molecule has 0 saturated carbocycles. The van der Waals surface area contributed by atoms with Crippen LogP contribution in [0.2, 0.25) is 0 Å². The molecule has 92 valence electrons. The van der Waals surface area contributed by atoms with Crippen LogP contribution in [0.5, 0.6) is 0 Å². The summed E-state index contributed by atoms with van der Waals surface area (Å²) in [4.78, 5) is 0. The second-order valence-electron chi connectivity index (χ2n) is 4.60. The number of rotatable bonds is 1. The molecule has 19 heavy (non-hydrogen) atoms. The monoisotopic (exact) mass is 247 g/mol. The second-order valence-corrected chi connectivity index (χ2v) is 4.60. The summed E-state index contributed by atoms with van der Waals surface area (Å²) < 4.78 is 2.16. The Kier molecular flexibility index (Phi) is 2.50. The number of nitrogen functional groups attached to an aromatic ring is 1. The van der Waals surface area contributed by atoms with Gasteiger partial charge in [-0.05, 0) is 55.5 Å². The van der Waals surface area contributed by atoms with Crippen LogP contribution in [0.3, 0.4) is 0 Å². The predicted molar refractivity (Wildman–Crippen MR) is 77.1 cm³/mol. The van der Waals surface area contributed by atoms with Crippen molar-refractivity contribution in [2.24, 2.45) is 0 Å². The van der Waals surface area contributed by atoms with E-state index in [2.05, 4.69) is 23.6 Å². The number of anilines is 1. The van der Waals surface area contributed by atoms with Gasteiger partial charge in [0.15, 0.2) is 0 Å². The molecule has 0 saturated heterocycles. The van der Waals surface area contributed by atoms with Crippen LogP contribution in [0.1, 0.15) is 11.3 Å². The van der Waals surface area contributed by atoms with Crippen molar-refractivity contribution in [2.45, 2.75) is 6.92 Å². The van der Waals surface area contributed by atoms with Crippen LogP contribution in [-0.4, -0.2) is 4.57 Å². The van der Waals surface area contributed by atoms with Crippen molar-refractivity contribution < 1.29 is 0 Å². The first-order valence-electron chi connectivity index (χ1n) is 6.07. The highest BCUT2D eigenvalue weighted by molar-refractivity contribution is 5.86. The highest BCUT2D eigenvalue weighted by Gasteiger charge is 2.07. The van der Waals surface area contributed by atoms with Gasteiger partial charge in [0.25, 0.3) is 0 Å². The smallest absolute Gasteiger partial charge is 0.0991 e. The van der Waals surface area contributed by atoms with E-state index in [1.54, 1.807) is 0 Å². The molecule has 3 aromatic rings. The zero-order valence-corrected chi connectivity index (χ0v) is 10.6. The molecular formula is C16H13N3. The van der Waals surface area contributed by atoms with E-state index < -0.39 is 0 Å². The minimum Gasteiger partial charge on any atom is -0.399 e. The maximum absolute atomic E-state index is 8.85. The Balaban J connectivity index is 2.24. The minimum absolute atomic E-state index is 0.669. The highest BCUT2D eigenvalue weighted by Crippen LogP contribution is 2.25. The van der Waals surface area contributed by atoms with Gasteiger partial charge >= 0.3 is 0 Å². The largest absolute Gasteiger partial charge is 0.399 e. The van der Waals surface area contributed by atoms with E-state index in [0.717, 1.165) is 28.0 Å². The van der Waals surface area contributed by atoms with Gasteiger partial charge in [-0.25, -0.2) is 0 Å². The third-order valence-electron chi connectivity index (χ3n) is 3.26. The van der Waals surface area contributed by atoms with Crippen molar-refractivity contribution in [3.05, 3.63) is 59.8 Å². The normalized spacial score (nSPS) is 10.5. The molecule has 0 fully saturated rings. The summed E-state index contributed by atoms with van der Waals surface area (Å²) >= 11 is 0. The zero-order chi connectivity index (χ0) is 13.4. The molecule has 2 N–H and O–H groups in total. The van der Waals surface area contributed by atoms with Crippen molar-refractivity contribution in [3.63, 3.8) is 0 Å². The van der Waals surface area contributed by atoms with Crippen molar-refractivity contribution in [1.82, 2.24) is 4.57 Å². The number of hydrogen-bond donors (Lipinski definition) is 1. The standard InChI is InChI=1S/C16H13N3/c1-11-8-13-9-14(18)4-7-16(13)19(11)15-5-2-12(10-17)3-6-15/h2-9H,18H2,1H3. The van der Waals surface area contributed by atoms with Crippen molar-refractivity contribution >= 4 is 16.6 Å². The Morgan fingerprint density at radius 3 is 2.47 bits per heavy atom. The van der Waals surface area contributed by atoms with Crippen LogP contribution >= 0.6 is 0 Å². The molecule has 0 radical (unpaired) electrons. The molecule has 2 aromatic carbocycles. The van der Waals surface area contributed by atoms with Crippen molar-refractivity contribution in [1.29, 1.82) is 5.26 Å². The minimum atomic E-state index is 0.669. The topological polar surface area (TPSA) is 54.7 Å². The Labute approximate surface area is 111 Å². The molecule has 1 heterocycles. The van der Waals surface area contributed by atoms with Gasteiger partial charge in [-0.2, -0.15) is 5.26 Å². The maximum atomic E-state index is 8.85. The molecule has 3 nitrogen and oxygen atoms in total. The van der Waals surface area contributed by atoms with Crippen molar-refractivity contribution in [3.8, 4) is 11.8 Å². The number of hydrogen-bond acceptors (Lipinski definition) is 2. The Hall–Kier alpha value is -2.73. The number of aryl methyl sites for hydroxylation is 1. The number of aromatic nitrogens is 1.